The van der Waals surface area contributed by atoms with Gasteiger partial charge in [-0.1, -0.05) is 60.2 Å². The molecule has 3 heterocycles. The number of aryl methyl sites for hydroxylation is 1. The fourth-order valence-electron chi connectivity index (χ4n) is 3.01. The van der Waals surface area contributed by atoms with Crippen molar-refractivity contribution in [3.8, 4) is 16.1 Å². The Morgan fingerprint density at radius 2 is 1.77 bits per heavy atom. The number of thiophene rings is 1. The van der Waals surface area contributed by atoms with Crippen molar-refractivity contribution in [3.05, 3.63) is 77.2 Å². The number of nitrogens with zero attached hydrogens (tertiary/aromatic N) is 4. The first kappa shape index (κ1) is 15.4. The third kappa shape index (κ3) is 2.38. The van der Waals surface area contributed by atoms with E-state index in [4.69, 9.17) is 17.2 Å². The molecule has 0 aliphatic heterocycles. The molecule has 0 amide bonds. The lowest BCUT2D eigenvalue weighted by Crippen LogP contribution is -1.98. The van der Waals surface area contributed by atoms with Crippen molar-refractivity contribution in [2.75, 3.05) is 0 Å². The minimum Gasteiger partial charge on any atom is -0.267 e. The first-order valence-electron chi connectivity index (χ1n) is 8.23. The molecule has 0 N–H and O–H groups in total. The van der Waals surface area contributed by atoms with Gasteiger partial charge < -0.3 is 0 Å². The topological polar surface area (TPSA) is 35.1 Å². The number of hydrogen-bond acceptors (Lipinski definition) is 4. The molecule has 0 bridgehead atoms. The van der Waals surface area contributed by atoms with Gasteiger partial charge in [-0.3, -0.25) is 4.57 Å². The van der Waals surface area contributed by atoms with E-state index in [2.05, 4.69) is 54.5 Å². The molecule has 6 heteroatoms. The van der Waals surface area contributed by atoms with Gasteiger partial charge in [0.2, 0.25) is 5.78 Å². The van der Waals surface area contributed by atoms with Gasteiger partial charge in [0.05, 0.1) is 5.69 Å². The van der Waals surface area contributed by atoms with Gasteiger partial charge in [0.1, 0.15) is 15.8 Å². The highest BCUT2D eigenvalue weighted by Gasteiger charge is 2.13. The van der Waals surface area contributed by atoms with Crippen LogP contribution in [0.5, 0.6) is 0 Å². The van der Waals surface area contributed by atoms with Crippen LogP contribution >= 0.6 is 23.6 Å². The lowest BCUT2D eigenvalue weighted by atomic mass is 10.2. The summed E-state index contributed by atoms with van der Waals surface area (Å²) in [5.74, 6) is 0.729. The van der Waals surface area contributed by atoms with Crippen LogP contribution in [0.2, 0.25) is 0 Å². The predicted molar refractivity (Wildman–Crippen MR) is 109 cm³/mol. The maximum absolute atomic E-state index is 5.70. The van der Waals surface area contributed by atoms with Crippen LogP contribution in [0.15, 0.2) is 67.0 Å². The lowest BCUT2D eigenvalue weighted by molar-refractivity contribution is 0.940. The number of rotatable bonds is 2. The lowest BCUT2D eigenvalue weighted by Gasteiger charge is -2.03. The van der Waals surface area contributed by atoms with Gasteiger partial charge in [-0.05, 0) is 30.7 Å². The normalized spacial score (nSPS) is 11.4. The molecular formula is C20H14N4S2. The summed E-state index contributed by atoms with van der Waals surface area (Å²) in [5, 5.41) is 5.43. The molecule has 5 rings (SSSR count). The van der Waals surface area contributed by atoms with E-state index in [1.807, 2.05) is 22.8 Å². The Morgan fingerprint density at radius 1 is 1.00 bits per heavy atom. The highest BCUT2D eigenvalue weighted by molar-refractivity contribution is 7.71. The van der Waals surface area contributed by atoms with Gasteiger partial charge in [0.15, 0.2) is 0 Å². The van der Waals surface area contributed by atoms with Crippen molar-refractivity contribution in [2.24, 2.45) is 0 Å². The molecule has 5 aromatic rings. The van der Waals surface area contributed by atoms with Gasteiger partial charge in [-0.25, -0.2) is 4.98 Å². The molecule has 0 saturated heterocycles. The molecule has 0 spiro atoms. The standard InChI is InChI=1S/C20H14N4S2/c1-13-7-9-15(10-8-13)23-12-21-24-19(25)16-11-17(14-5-3-2-4-6-14)26-18(16)22-20(23)24/h2-12H,1H3. The number of fused-ring (bicyclic) bond motifs is 2. The predicted octanol–water partition coefficient (Wildman–Crippen LogP) is 5.44. The third-order valence-corrected chi connectivity index (χ3v) is 5.87. The quantitative estimate of drug-likeness (QED) is 0.386. The molecule has 0 saturated carbocycles. The summed E-state index contributed by atoms with van der Waals surface area (Å²) in [6.07, 6.45) is 1.77. The van der Waals surface area contributed by atoms with Crippen LogP contribution in [-0.4, -0.2) is 19.2 Å². The van der Waals surface area contributed by atoms with E-state index >= 15 is 0 Å². The maximum Gasteiger partial charge on any atom is 0.239 e. The second-order valence-electron chi connectivity index (χ2n) is 6.16. The molecule has 0 atom stereocenters. The highest BCUT2D eigenvalue weighted by Crippen LogP contribution is 2.33. The van der Waals surface area contributed by atoms with E-state index < -0.39 is 0 Å². The first-order valence-corrected chi connectivity index (χ1v) is 9.45. The van der Waals surface area contributed by atoms with Crippen LogP contribution in [0.4, 0.5) is 0 Å². The van der Waals surface area contributed by atoms with Crippen molar-refractivity contribution in [1.29, 1.82) is 0 Å². The van der Waals surface area contributed by atoms with Crippen LogP contribution in [0.25, 0.3) is 32.1 Å². The van der Waals surface area contributed by atoms with E-state index in [-0.39, 0.29) is 0 Å². The summed E-state index contributed by atoms with van der Waals surface area (Å²) in [4.78, 5) is 6.95. The number of hydrogen-bond donors (Lipinski definition) is 0. The van der Waals surface area contributed by atoms with E-state index in [0.29, 0.717) is 4.64 Å². The first-order chi connectivity index (χ1) is 12.7. The molecule has 0 radical (unpaired) electrons. The molecule has 0 unspecified atom stereocenters. The Bertz CT molecular complexity index is 1300. The molecule has 26 heavy (non-hydrogen) atoms. The second kappa shape index (κ2) is 5.86. The van der Waals surface area contributed by atoms with Crippen molar-refractivity contribution < 1.29 is 0 Å². The molecule has 0 fully saturated rings. The summed E-state index contributed by atoms with van der Waals surface area (Å²) in [7, 11) is 0. The molecular weight excluding hydrogens is 360 g/mol. The monoisotopic (exact) mass is 374 g/mol. The summed E-state index contributed by atoms with van der Waals surface area (Å²) < 4.78 is 4.39. The summed E-state index contributed by atoms with van der Waals surface area (Å²) in [6, 6.07) is 20.7. The Labute approximate surface area is 159 Å². The minimum atomic E-state index is 0.689. The van der Waals surface area contributed by atoms with Gasteiger partial charge >= 0.3 is 0 Å². The number of aromatic nitrogens is 4. The molecule has 0 aliphatic carbocycles. The fraction of sp³-hybridized carbons (Fsp3) is 0.0500. The SMILES string of the molecule is Cc1ccc(-n2cnn3c(=S)c4cc(-c5ccccc5)sc4nc23)cc1. The molecule has 3 aromatic heterocycles. The summed E-state index contributed by atoms with van der Waals surface area (Å²) in [5.41, 5.74) is 3.41. The van der Waals surface area contributed by atoms with Gasteiger partial charge in [-0.15, -0.1) is 11.3 Å². The average Bonchev–Trinajstić information content (AvgIpc) is 3.28. The Balaban J connectivity index is 1.76. The Hall–Kier alpha value is -2.83. The van der Waals surface area contributed by atoms with Crippen LogP contribution in [0.3, 0.4) is 0 Å². The zero-order valence-corrected chi connectivity index (χ0v) is 15.6. The largest absolute Gasteiger partial charge is 0.267 e. The zero-order valence-electron chi connectivity index (χ0n) is 14.0. The van der Waals surface area contributed by atoms with Crippen LogP contribution in [0, 0.1) is 11.6 Å². The summed E-state index contributed by atoms with van der Waals surface area (Å²) in [6.45, 7) is 2.07. The van der Waals surface area contributed by atoms with E-state index in [9.17, 15) is 0 Å². The summed E-state index contributed by atoms with van der Waals surface area (Å²) >= 11 is 7.35. The zero-order chi connectivity index (χ0) is 17.7. The van der Waals surface area contributed by atoms with E-state index in [1.165, 1.54) is 11.1 Å². The highest BCUT2D eigenvalue weighted by atomic mass is 32.1. The number of benzene rings is 2. The van der Waals surface area contributed by atoms with Crippen molar-refractivity contribution in [1.82, 2.24) is 19.2 Å². The molecule has 126 valence electrons. The van der Waals surface area contributed by atoms with Crippen molar-refractivity contribution >= 4 is 39.5 Å². The van der Waals surface area contributed by atoms with Gasteiger partial charge in [-0.2, -0.15) is 9.61 Å². The smallest absolute Gasteiger partial charge is 0.239 e. The fourth-order valence-corrected chi connectivity index (χ4v) is 4.39. The maximum atomic E-state index is 5.70. The Morgan fingerprint density at radius 3 is 2.54 bits per heavy atom. The second-order valence-corrected chi connectivity index (χ2v) is 7.58. The van der Waals surface area contributed by atoms with E-state index in [0.717, 1.165) is 26.6 Å². The molecule has 2 aromatic carbocycles. The van der Waals surface area contributed by atoms with Crippen LogP contribution in [-0.2, 0) is 0 Å². The van der Waals surface area contributed by atoms with E-state index in [1.54, 1.807) is 22.2 Å². The van der Waals surface area contributed by atoms with Crippen LogP contribution < -0.4 is 0 Å². The third-order valence-electron chi connectivity index (χ3n) is 4.39. The van der Waals surface area contributed by atoms with Gasteiger partial charge in [0.25, 0.3) is 0 Å². The Kier molecular flexibility index (Phi) is 3.48. The van der Waals surface area contributed by atoms with Crippen molar-refractivity contribution in [2.45, 2.75) is 6.92 Å². The minimum absolute atomic E-state index is 0.689. The van der Waals surface area contributed by atoms with Crippen LogP contribution in [0.1, 0.15) is 5.56 Å². The molecule has 0 aliphatic rings. The van der Waals surface area contributed by atoms with Crippen molar-refractivity contribution in [3.63, 3.8) is 0 Å². The molecule has 4 nitrogen and oxygen atoms in total. The average molecular weight is 374 g/mol. The van der Waals surface area contributed by atoms with Gasteiger partial charge in [0, 0.05) is 10.3 Å².